The minimum Gasteiger partial charge on any atom is -0.448 e. The van der Waals surface area contributed by atoms with Gasteiger partial charge in [-0.2, -0.15) is 0 Å². The largest absolute Gasteiger partial charge is 0.448 e. The summed E-state index contributed by atoms with van der Waals surface area (Å²) in [5.74, 6) is 1.02. The van der Waals surface area contributed by atoms with E-state index in [1.165, 1.54) is 24.0 Å². The van der Waals surface area contributed by atoms with Crippen LogP contribution in [-0.4, -0.2) is 11.0 Å². The van der Waals surface area contributed by atoms with Crippen molar-refractivity contribution in [2.75, 3.05) is 0 Å². The van der Waals surface area contributed by atoms with E-state index in [-0.39, 0.29) is 0 Å². The number of hydrogen-bond donors (Lipinski definition) is 1. The first-order valence-corrected chi connectivity index (χ1v) is 7.01. The molecule has 1 saturated carbocycles. The highest BCUT2D eigenvalue weighted by atomic mass is 16.3. The van der Waals surface area contributed by atoms with Gasteiger partial charge in [0.2, 0.25) is 0 Å². The molecule has 19 heavy (non-hydrogen) atoms. The van der Waals surface area contributed by atoms with E-state index in [2.05, 4.69) is 41.5 Å². The zero-order chi connectivity index (χ0) is 13.1. The van der Waals surface area contributed by atoms with Crippen molar-refractivity contribution in [2.24, 2.45) is 0 Å². The molecule has 0 atom stereocenters. The minimum atomic E-state index is 0.710. The quantitative estimate of drug-likeness (QED) is 0.863. The number of benzene rings is 1. The second kappa shape index (κ2) is 5.57. The van der Waals surface area contributed by atoms with Gasteiger partial charge in [0.25, 0.3) is 0 Å². The summed E-state index contributed by atoms with van der Waals surface area (Å²) in [5.41, 5.74) is 3.72. The molecule has 1 aliphatic rings. The maximum Gasteiger partial charge on any atom is 0.181 e. The number of aromatic nitrogens is 1. The first-order chi connectivity index (χ1) is 9.31. The predicted octanol–water partition coefficient (Wildman–Crippen LogP) is 3.02. The van der Waals surface area contributed by atoms with E-state index in [1.807, 2.05) is 0 Å². The number of nitrogens with zero attached hydrogens (tertiary/aromatic N) is 1. The molecule has 100 valence electrons. The third kappa shape index (κ3) is 3.44. The van der Waals surface area contributed by atoms with Gasteiger partial charge < -0.3 is 9.73 Å². The van der Waals surface area contributed by atoms with E-state index in [0.29, 0.717) is 6.04 Å². The Labute approximate surface area is 114 Å². The van der Waals surface area contributed by atoms with Crippen molar-refractivity contribution < 1.29 is 4.42 Å². The van der Waals surface area contributed by atoms with Crippen LogP contribution in [0.3, 0.4) is 0 Å². The van der Waals surface area contributed by atoms with Crippen LogP contribution in [-0.2, 0) is 19.4 Å². The van der Waals surface area contributed by atoms with Gasteiger partial charge in [0.15, 0.2) is 6.39 Å². The summed E-state index contributed by atoms with van der Waals surface area (Å²) in [6.45, 7) is 2.95. The molecule has 1 aromatic heterocycles. The molecular formula is C16H20N2O. The Balaban J connectivity index is 1.56. The summed E-state index contributed by atoms with van der Waals surface area (Å²) in [4.78, 5) is 4.31. The minimum absolute atomic E-state index is 0.710. The van der Waals surface area contributed by atoms with Crippen molar-refractivity contribution in [3.05, 3.63) is 53.2 Å². The second-order valence-electron chi connectivity index (χ2n) is 5.36. The third-order valence-corrected chi connectivity index (χ3v) is 3.62. The number of rotatable bonds is 6. The molecule has 0 aliphatic heterocycles. The smallest absolute Gasteiger partial charge is 0.181 e. The van der Waals surface area contributed by atoms with Gasteiger partial charge in [-0.1, -0.05) is 29.8 Å². The fourth-order valence-electron chi connectivity index (χ4n) is 2.18. The Morgan fingerprint density at radius 3 is 2.74 bits per heavy atom. The summed E-state index contributed by atoms with van der Waals surface area (Å²) in [7, 11) is 0. The van der Waals surface area contributed by atoms with Crippen LogP contribution in [0.25, 0.3) is 0 Å². The molecule has 1 heterocycles. The molecule has 3 nitrogen and oxygen atoms in total. The average molecular weight is 256 g/mol. The Kier molecular flexibility index (Phi) is 3.65. The number of hydrogen-bond acceptors (Lipinski definition) is 3. The number of nitrogens with one attached hydrogen (secondary N) is 1. The van der Waals surface area contributed by atoms with Crippen LogP contribution in [0, 0.1) is 6.92 Å². The van der Waals surface area contributed by atoms with Crippen LogP contribution < -0.4 is 5.32 Å². The van der Waals surface area contributed by atoms with E-state index in [1.54, 1.807) is 6.39 Å². The van der Waals surface area contributed by atoms with E-state index in [9.17, 15) is 0 Å². The van der Waals surface area contributed by atoms with Crippen LogP contribution in [0.2, 0.25) is 0 Å². The Morgan fingerprint density at radius 1 is 1.21 bits per heavy atom. The van der Waals surface area contributed by atoms with E-state index < -0.39 is 0 Å². The Morgan fingerprint density at radius 2 is 2.00 bits per heavy atom. The van der Waals surface area contributed by atoms with Crippen LogP contribution in [0.15, 0.2) is 35.1 Å². The molecule has 0 unspecified atom stereocenters. The lowest BCUT2D eigenvalue weighted by Gasteiger charge is -2.03. The molecule has 0 bridgehead atoms. The Bertz CT molecular complexity index is 526. The maximum absolute atomic E-state index is 5.51. The molecule has 1 aromatic carbocycles. The van der Waals surface area contributed by atoms with E-state index in [0.717, 1.165) is 30.8 Å². The normalized spacial score (nSPS) is 14.8. The highest BCUT2D eigenvalue weighted by molar-refractivity contribution is 5.22. The summed E-state index contributed by atoms with van der Waals surface area (Å²) in [6.07, 6.45) is 6.10. The monoisotopic (exact) mass is 256 g/mol. The van der Waals surface area contributed by atoms with Crippen molar-refractivity contribution in [3.8, 4) is 0 Å². The predicted molar refractivity (Wildman–Crippen MR) is 75.0 cm³/mol. The highest BCUT2D eigenvalue weighted by Crippen LogP contribution is 2.20. The van der Waals surface area contributed by atoms with Crippen molar-refractivity contribution in [2.45, 2.75) is 45.2 Å². The van der Waals surface area contributed by atoms with Crippen molar-refractivity contribution in [1.29, 1.82) is 0 Å². The Hall–Kier alpha value is -1.61. The lowest BCUT2D eigenvalue weighted by atomic mass is 10.1. The van der Waals surface area contributed by atoms with Crippen LogP contribution in [0.4, 0.5) is 0 Å². The van der Waals surface area contributed by atoms with Crippen molar-refractivity contribution in [3.63, 3.8) is 0 Å². The van der Waals surface area contributed by atoms with Gasteiger partial charge in [-0.15, -0.1) is 0 Å². The van der Waals surface area contributed by atoms with Crippen molar-refractivity contribution in [1.82, 2.24) is 10.3 Å². The van der Waals surface area contributed by atoms with E-state index in [4.69, 9.17) is 4.42 Å². The zero-order valence-corrected chi connectivity index (χ0v) is 11.4. The lowest BCUT2D eigenvalue weighted by molar-refractivity contribution is 0.497. The summed E-state index contributed by atoms with van der Waals surface area (Å²) >= 11 is 0. The fraction of sp³-hybridized carbons (Fsp3) is 0.438. The first kappa shape index (κ1) is 12.4. The summed E-state index contributed by atoms with van der Waals surface area (Å²) < 4.78 is 5.51. The topological polar surface area (TPSA) is 38.1 Å². The third-order valence-electron chi connectivity index (χ3n) is 3.62. The molecule has 3 rings (SSSR count). The number of oxazole rings is 1. The standard InChI is InChI=1S/C16H20N2O/c1-12-2-4-13(5-3-12)6-9-16-15(18-11-19-16)10-17-14-7-8-14/h2-5,11,14,17H,6-10H2,1H3. The number of aryl methyl sites for hydroxylation is 3. The van der Waals surface area contributed by atoms with Gasteiger partial charge in [-0.25, -0.2) is 4.98 Å². The lowest BCUT2D eigenvalue weighted by Crippen LogP contribution is -2.16. The molecule has 0 saturated heterocycles. The van der Waals surface area contributed by atoms with Crippen LogP contribution in [0.5, 0.6) is 0 Å². The molecule has 1 fully saturated rings. The van der Waals surface area contributed by atoms with Gasteiger partial charge in [0.1, 0.15) is 5.76 Å². The molecule has 0 spiro atoms. The molecule has 0 radical (unpaired) electrons. The zero-order valence-electron chi connectivity index (χ0n) is 11.4. The summed E-state index contributed by atoms with van der Waals surface area (Å²) in [5, 5.41) is 3.48. The highest BCUT2D eigenvalue weighted by Gasteiger charge is 2.21. The second-order valence-corrected chi connectivity index (χ2v) is 5.36. The van der Waals surface area contributed by atoms with Gasteiger partial charge in [-0.3, -0.25) is 0 Å². The first-order valence-electron chi connectivity index (χ1n) is 7.01. The average Bonchev–Trinajstić information content (AvgIpc) is 3.15. The summed E-state index contributed by atoms with van der Waals surface area (Å²) in [6, 6.07) is 9.40. The van der Waals surface area contributed by atoms with Gasteiger partial charge in [0, 0.05) is 19.0 Å². The van der Waals surface area contributed by atoms with Crippen molar-refractivity contribution >= 4 is 0 Å². The van der Waals surface area contributed by atoms with Gasteiger partial charge >= 0.3 is 0 Å². The van der Waals surface area contributed by atoms with Crippen LogP contribution in [0.1, 0.15) is 35.4 Å². The molecule has 1 aliphatic carbocycles. The molecule has 1 N–H and O–H groups in total. The molecule has 0 amide bonds. The van der Waals surface area contributed by atoms with E-state index >= 15 is 0 Å². The SMILES string of the molecule is Cc1ccc(CCc2ocnc2CNC2CC2)cc1. The fourth-order valence-corrected chi connectivity index (χ4v) is 2.18. The molecule has 2 aromatic rings. The molecule has 3 heteroatoms. The van der Waals surface area contributed by atoms with Crippen LogP contribution >= 0.6 is 0 Å². The van der Waals surface area contributed by atoms with Gasteiger partial charge in [-0.05, 0) is 31.7 Å². The maximum atomic E-state index is 5.51. The van der Waals surface area contributed by atoms with Gasteiger partial charge in [0.05, 0.1) is 5.69 Å². The molecular weight excluding hydrogens is 236 g/mol.